The van der Waals surface area contributed by atoms with Gasteiger partial charge in [0, 0.05) is 38.9 Å². The van der Waals surface area contributed by atoms with Crippen LogP contribution < -0.4 is 10.5 Å². The Labute approximate surface area is 170 Å². The average Bonchev–Trinajstić information content (AvgIpc) is 3.15. The summed E-state index contributed by atoms with van der Waals surface area (Å²) in [6.45, 7) is 7.62. The molecular formula is C22H28N4O3. The van der Waals surface area contributed by atoms with Crippen LogP contribution in [0.3, 0.4) is 0 Å². The molecular weight excluding hydrogens is 368 g/mol. The molecule has 154 valence electrons. The molecule has 7 heteroatoms. The Kier molecular flexibility index (Phi) is 5.67. The topological polar surface area (TPSA) is 67.7 Å². The van der Waals surface area contributed by atoms with Crippen molar-refractivity contribution in [3.63, 3.8) is 0 Å². The molecule has 0 aliphatic carbocycles. The van der Waals surface area contributed by atoms with Gasteiger partial charge in [-0.1, -0.05) is 6.07 Å². The lowest BCUT2D eigenvalue weighted by Gasteiger charge is -2.24. The molecule has 4 rings (SSSR count). The molecule has 0 saturated carbocycles. The molecule has 2 aliphatic heterocycles. The summed E-state index contributed by atoms with van der Waals surface area (Å²) in [4.78, 5) is 29.1. The van der Waals surface area contributed by atoms with E-state index in [1.54, 1.807) is 12.1 Å². The van der Waals surface area contributed by atoms with Crippen LogP contribution in [0.25, 0.3) is 5.69 Å². The molecule has 1 aromatic heterocycles. The van der Waals surface area contributed by atoms with Crippen molar-refractivity contribution >= 4 is 11.7 Å². The third kappa shape index (κ3) is 4.19. The van der Waals surface area contributed by atoms with Gasteiger partial charge < -0.3 is 14.5 Å². The van der Waals surface area contributed by atoms with E-state index in [1.165, 1.54) is 10.2 Å². The summed E-state index contributed by atoms with van der Waals surface area (Å²) in [6, 6.07) is 9.25. The maximum absolute atomic E-state index is 12.7. The second-order valence-electron chi connectivity index (χ2n) is 7.88. The highest BCUT2D eigenvalue weighted by molar-refractivity contribution is 5.81. The molecule has 2 fully saturated rings. The summed E-state index contributed by atoms with van der Waals surface area (Å²) in [5, 5.41) is 4.63. The van der Waals surface area contributed by atoms with Gasteiger partial charge in [-0.2, -0.15) is 4.68 Å². The molecule has 1 amide bonds. The second-order valence-corrected chi connectivity index (χ2v) is 7.88. The third-order valence-corrected chi connectivity index (χ3v) is 5.86. The quantitative estimate of drug-likeness (QED) is 0.795. The van der Waals surface area contributed by atoms with Gasteiger partial charge in [0.15, 0.2) is 0 Å². The molecule has 2 aliphatic rings. The lowest BCUT2D eigenvalue weighted by atomic mass is 10.1. The maximum atomic E-state index is 12.7. The smallest absolute Gasteiger partial charge is 0.271 e. The molecule has 29 heavy (non-hydrogen) atoms. The number of benzene rings is 1. The Morgan fingerprint density at radius 3 is 2.66 bits per heavy atom. The van der Waals surface area contributed by atoms with Crippen LogP contribution in [0.4, 0.5) is 5.82 Å². The number of carbonyl (C=O) groups is 1. The highest BCUT2D eigenvalue weighted by atomic mass is 16.5. The molecule has 1 atom stereocenters. The van der Waals surface area contributed by atoms with Gasteiger partial charge in [-0.05, 0) is 62.4 Å². The SMILES string of the molecule is Cc1ccc(-n2nc(N3CCCN(C(=O)C4CCCO4)CC3)ccc2=O)cc1C. The van der Waals surface area contributed by atoms with Crippen molar-refractivity contribution in [2.24, 2.45) is 0 Å². The maximum Gasteiger partial charge on any atom is 0.271 e. The number of rotatable bonds is 3. The van der Waals surface area contributed by atoms with Crippen LogP contribution in [0.1, 0.15) is 30.4 Å². The normalized spacial score (nSPS) is 20.0. The van der Waals surface area contributed by atoms with E-state index in [2.05, 4.69) is 10.00 Å². The summed E-state index contributed by atoms with van der Waals surface area (Å²) < 4.78 is 7.02. The Bertz CT molecular complexity index is 949. The number of hydrogen-bond donors (Lipinski definition) is 0. The fourth-order valence-corrected chi connectivity index (χ4v) is 3.96. The van der Waals surface area contributed by atoms with Gasteiger partial charge in [0.1, 0.15) is 11.9 Å². The Hall–Kier alpha value is -2.67. The van der Waals surface area contributed by atoms with Crippen molar-refractivity contribution in [2.75, 3.05) is 37.7 Å². The van der Waals surface area contributed by atoms with Gasteiger partial charge in [-0.25, -0.2) is 0 Å². The Balaban J connectivity index is 1.52. The molecule has 3 heterocycles. The van der Waals surface area contributed by atoms with E-state index in [0.29, 0.717) is 19.7 Å². The van der Waals surface area contributed by atoms with E-state index < -0.39 is 0 Å². The predicted molar refractivity (Wildman–Crippen MR) is 112 cm³/mol. The van der Waals surface area contributed by atoms with Crippen molar-refractivity contribution < 1.29 is 9.53 Å². The molecule has 2 saturated heterocycles. The van der Waals surface area contributed by atoms with Gasteiger partial charge in [0.2, 0.25) is 0 Å². The van der Waals surface area contributed by atoms with Crippen molar-refractivity contribution in [3.05, 3.63) is 51.8 Å². The lowest BCUT2D eigenvalue weighted by molar-refractivity contribution is -0.140. The van der Waals surface area contributed by atoms with E-state index in [4.69, 9.17) is 4.74 Å². The molecule has 0 radical (unpaired) electrons. The van der Waals surface area contributed by atoms with Crippen molar-refractivity contribution in [3.8, 4) is 5.69 Å². The van der Waals surface area contributed by atoms with Gasteiger partial charge in [0.25, 0.3) is 11.5 Å². The minimum Gasteiger partial charge on any atom is -0.368 e. The zero-order valence-corrected chi connectivity index (χ0v) is 17.1. The van der Waals surface area contributed by atoms with Crippen LogP contribution in [0.2, 0.25) is 0 Å². The van der Waals surface area contributed by atoms with Crippen LogP contribution in [0, 0.1) is 13.8 Å². The fourth-order valence-electron chi connectivity index (χ4n) is 3.96. The van der Waals surface area contributed by atoms with E-state index in [0.717, 1.165) is 49.4 Å². The van der Waals surface area contributed by atoms with Crippen molar-refractivity contribution in [1.29, 1.82) is 0 Å². The Morgan fingerprint density at radius 2 is 1.90 bits per heavy atom. The van der Waals surface area contributed by atoms with Gasteiger partial charge in [0.05, 0.1) is 5.69 Å². The number of aryl methyl sites for hydroxylation is 2. The minimum absolute atomic E-state index is 0.109. The van der Waals surface area contributed by atoms with Crippen LogP contribution in [-0.2, 0) is 9.53 Å². The van der Waals surface area contributed by atoms with E-state index in [-0.39, 0.29) is 17.6 Å². The van der Waals surface area contributed by atoms with Crippen LogP contribution in [0.15, 0.2) is 35.1 Å². The first-order valence-electron chi connectivity index (χ1n) is 10.4. The third-order valence-electron chi connectivity index (χ3n) is 5.86. The molecule has 2 aromatic rings. The first-order valence-corrected chi connectivity index (χ1v) is 10.4. The molecule has 0 bridgehead atoms. The molecule has 7 nitrogen and oxygen atoms in total. The Morgan fingerprint density at radius 1 is 1.03 bits per heavy atom. The minimum atomic E-state index is -0.272. The predicted octanol–water partition coefficient (Wildman–Crippen LogP) is 2.07. The fraction of sp³-hybridized carbons (Fsp3) is 0.500. The van der Waals surface area contributed by atoms with E-state index >= 15 is 0 Å². The first kappa shape index (κ1) is 19.6. The number of aromatic nitrogens is 2. The largest absolute Gasteiger partial charge is 0.368 e. The number of ether oxygens (including phenoxy) is 1. The monoisotopic (exact) mass is 396 g/mol. The summed E-state index contributed by atoms with van der Waals surface area (Å²) >= 11 is 0. The zero-order valence-electron chi connectivity index (χ0n) is 17.1. The number of nitrogens with zero attached hydrogens (tertiary/aromatic N) is 4. The molecule has 0 spiro atoms. The lowest BCUT2D eigenvalue weighted by Crippen LogP contribution is -2.41. The van der Waals surface area contributed by atoms with Crippen molar-refractivity contribution in [1.82, 2.24) is 14.7 Å². The number of amides is 1. The molecule has 1 unspecified atom stereocenters. The molecule has 0 N–H and O–H groups in total. The van der Waals surface area contributed by atoms with E-state index in [9.17, 15) is 9.59 Å². The van der Waals surface area contributed by atoms with Crippen molar-refractivity contribution in [2.45, 2.75) is 39.2 Å². The number of hydrogen-bond acceptors (Lipinski definition) is 5. The average molecular weight is 396 g/mol. The standard InChI is InChI=1S/C22H28N4O3/c1-16-6-7-18(15-17(16)2)26-21(27)9-8-20(23-26)24-10-4-11-25(13-12-24)22(28)19-5-3-14-29-19/h6-9,15,19H,3-5,10-14H2,1-2H3. The summed E-state index contributed by atoms with van der Waals surface area (Å²) in [6.07, 6.45) is 2.37. The summed E-state index contributed by atoms with van der Waals surface area (Å²) in [5.74, 6) is 0.867. The first-order chi connectivity index (χ1) is 14.0. The summed E-state index contributed by atoms with van der Waals surface area (Å²) in [5.41, 5.74) is 2.92. The number of carbonyl (C=O) groups excluding carboxylic acids is 1. The highest BCUT2D eigenvalue weighted by Crippen LogP contribution is 2.18. The van der Waals surface area contributed by atoms with Gasteiger partial charge in [-0.15, -0.1) is 5.10 Å². The van der Waals surface area contributed by atoms with Gasteiger partial charge >= 0.3 is 0 Å². The van der Waals surface area contributed by atoms with E-state index in [1.807, 2.05) is 36.9 Å². The number of anilines is 1. The van der Waals surface area contributed by atoms with Crippen LogP contribution in [0.5, 0.6) is 0 Å². The second kappa shape index (κ2) is 8.37. The molecule has 1 aromatic carbocycles. The van der Waals surface area contributed by atoms with Crippen LogP contribution in [-0.4, -0.2) is 59.5 Å². The highest BCUT2D eigenvalue weighted by Gasteiger charge is 2.29. The van der Waals surface area contributed by atoms with Gasteiger partial charge in [-0.3, -0.25) is 9.59 Å². The summed E-state index contributed by atoms with van der Waals surface area (Å²) in [7, 11) is 0. The van der Waals surface area contributed by atoms with Crippen LogP contribution >= 0.6 is 0 Å². The zero-order chi connectivity index (χ0) is 20.4.